The summed E-state index contributed by atoms with van der Waals surface area (Å²) in [6.45, 7) is 3.02. The van der Waals surface area contributed by atoms with Gasteiger partial charge in [0.15, 0.2) is 0 Å². The number of hydrogen-bond acceptors (Lipinski definition) is 8. The number of thioether (sulfide) groups is 1. The normalized spacial score (nSPS) is 19.8. The van der Waals surface area contributed by atoms with E-state index in [9.17, 15) is 4.79 Å². The Hall–Kier alpha value is -2.52. The molecule has 2 aromatic heterocycles. The van der Waals surface area contributed by atoms with E-state index in [1.165, 1.54) is 28.6 Å². The van der Waals surface area contributed by atoms with Crippen LogP contribution in [0.4, 0.5) is 0 Å². The van der Waals surface area contributed by atoms with E-state index in [0.717, 1.165) is 60.1 Å². The second kappa shape index (κ2) is 10.00. The maximum absolute atomic E-state index is 13.1. The number of benzene rings is 1. The molecule has 0 N–H and O–H groups in total. The molecule has 9 heteroatoms. The first-order valence-corrected chi connectivity index (χ1v) is 13.5. The highest BCUT2D eigenvalue weighted by atomic mass is 32.2. The van der Waals surface area contributed by atoms with E-state index < -0.39 is 0 Å². The van der Waals surface area contributed by atoms with Crippen LogP contribution >= 0.6 is 23.1 Å². The van der Waals surface area contributed by atoms with Gasteiger partial charge in [-0.25, -0.2) is 0 Å². The summed E-state index contributed by atoms with van der Waals surface area (Å²) in [6, 6.07) is 7.90. The zero-order valence-corrected chi connectivity index (χ0v) is 21.3. The van der Waals surface area contributed by atoms with Crippen molar-refractivity contribution in [3.8, 4) is 22.3 Å². The number of fused-ring (bicyclic) bond motifs is 1. The van der Waals surface area contributed by atoms with Crippen LogP contribution in [0.25, 0.3) is 10.8 Å². The first-order chi connectivity index (χ1) is 16.6. The lowest BCUT2D eigenvalue weighted by molar-refractivity contribution is -0.129. The van der Waals surface area contributed by atoms with Crippen molar-refractivity contribution in [2.75, 3.05) is 26.5 Å². The minimum Gasteiger partial charge on any atom is -0.497 e. The fourth-order valence-corrected chi connectivity index (χ4v) is 6.65. The molecule has 1 aliphatic carbocycles. The predicted molar refractivity (Wildman–Crippen MR) is 133 cm³/mol. The summed E-state index contributed by atoms with van der Waals surface area (Å²) >= 11 is 3.05. The van der Waals surface area contributed by atoms with Crippen LogP contribution in [0.1, 0.15) is 48.2 Å². The zero-order valence-electron chi connectivity index (χ0n) is 19.7. The van der Waals surface area contributed by atoms with Crippen LogP contribution in [0.2, 0.25) is 0 Å². The smallest absolute Gasteiger partial charge is 0.277 e. The van der Waals surface area contributed by atoms with Crippen molar-refractivity contribution in [3.63, 3.8) is 0 Å². The number of ether oxygens (including phenoxy) is 2. The van der Waals surface area contributed by atoms with Crippen LogP contribution in [0, 0.1) is 5.92 Å². The Morgan fingerprint density at radius 1 is 1.24 bits per heavy atom. The van der Waals surface area contributed by atoms with Gasteiger partial charge < -0.3 is 18.8 Å². The molecule has 1 fully saturated rings. The number of aromatic nitrogens is 2. The molecule has 0 bridgehead atoms. The van der Waals surface area contributed by atoms with E-state index in [0.29, 0.717) is 11.1 Å². The Kier molecular flexibility index (Phi) is 6.83. The lowest BCUT2D eigenvalue weighted by Gasteiger charge is -2.26. The molecule has 0 unspecified atom stereocenters. The Bertz CT molecular complexity index is 1170. The van der Waals surface area contributed by atoms with E-state index in [-0.39, 0.29) is 17.7 Å². The van der Waals surface area contributed by atoms with Crippen molar-refractivity contribution in [2.45, 2.75) is 50.3 Å². The van der Waals surface area contributed by atoms with Crippen LogP contribution in [0.5, 0.6) is 11.5 Å². The summed E-state index contributed by atoms with van der Waals surface area (Å²) in [5.74, 6) is 3.10. The highest BCUT2D eigenvalue weighted by molar-refractivity contribution is 7.99. The standard InChI is InChI=1S/C25H29N3O4S2/c1-15-6-9-21-16(11-15)12-22(34-21)24-26-27-25(32-24)33-14-23(29)28-10-4-5-19(28)18-13-17(30-2)7-8-20(18)31-3/h7-8,12-13,15,19H,4-6,9-11,14H2,1-3H3/t15-,19-/m0/s1. The minimum atomic E-state index is -0.0313. The predicted octanol–water partition coefficient (Wildman–Crippen LogP) is 5.40. The molecule has 2 atom stereocenters. The third-order valence-corrected chi connectivity index (χ3v) is 8.66. The van der Waals surface area contributed by atoms with E-state index >= 15 is 0 Å². The number of aryl methyl sites for hydroxylation is 1. The van der Waals surface area contributed by atoms with Gasteiger partial charge in [0.1, 0.15) is 11.5 Å². The molecule has 34 heavy (non-hydrogen) atoms. The molecule has 7 nitrogen and oxygen atoms in total. The van der Waals surface area contributed by atoms with Gasteiger partial charge in [0, 0.05) is 17.0 Å². The van der Waals surface area contributed by atoms with Crippen molar-refractivity contribution in [1.29, 1.82) is 0 Å². The second-order valence-electron chi connectivity index (χ2n) is 8.92. The Labute approximate surface area is 207 Å². The van der Waals surface area contributed by atoms with Gasteiger partial charge in [-0.3, -0.25) is 4.79 Å². The van der Waals surface area contributed by atoms with Crippen molar-refractivity contribution >= 4 is 29.0 Å². The Balaban J connectivity index is 1.25. The van der Waals surface area contributed by atoms with Crippen molar-refractivity contribution < 1.29 is 18.7 Å². The van der Waals surface area contributed by atoms with Gasteiger partial charge in [-0.2, -0.15) is 0 Å². The fraction of sp³-hybridized carbons (Fsp3) is 0.480. The minimum absolute atomic E-state index is 0.0313. The van der Waals surface area contributed by atoms with Crippen molar-refractivity contribution in [2.24, 2.45) is 5.92 Å². The average molecular weight is 500 g/mol. The molecule has 0 saturated carbocycles. The van der Waals surface area contributed by atoms with Crippen LogP contribution in [0.15, 0.2) is 33.9 Å². The van der Waals surface area contributed by atoms with Gasteiger partial charge >= 0.3 is 0 Å². The van der Waals surface area contributed by atoms with E-state index in [2.05, 4.69) is 23.2 Å². The first-order valence-electron chi connectivity index (χ1n) is 11.7. The van der Waals surface area contributed by atoms with Crippen molar-refractivity contribution in [1.82, 2.24) is 15.1 Å². The second-order valence-corrected chi connectivity index (χ2v) is 11.0. The number of carbonyl (C=O) groups is 1. The number of rotatable bonds is 7. The van der Waals surface area contributed by atoms with Gasteiger partial charge in [0.25, 0.3) is 11.1 Å². The first kappa shape index (κ1) is 23.2. The summed E-state index contributed by atoms with van der Waals surface area (Å²) in [5, 5.41) is 8.86. The molecule has 2 aliphatic rings. The third-order valence-electron chi connectivity index (χ3n) is 6.63. The number of likely N-dealkylation sites (tertiary alicyclic amines) is 1. The summed E-state index contributed by atoms with van der Waals surface area (Å²) < 4.78 is 16.9. The molecule has 180 valence electrons. The van der Waals surface area contributed by atoms with Gasteiger partial charge in [-0.15, -0.1) is 21.5 Å². The highest BCUT2D eigenvalue weighted by Crippen LogP contribution is 2.40. The molecule has 1 amide bonds. The largest absolute Gasteiger partial charge is 0.497 e. The van der Waals surface area contributed by atoms with Gasteiger partial charge in [-0.05, 0) is 67.9 Å². The summed E-state index contributed by atoms with van der Waals surface area (Å²) in [7, 11) is 3.30. The lowest BCUT2D eigenvalue weighted by atomic mass is 9.90. The van der Waals surface area contributed by atoms with Crippen molar-refractivity contribution in [3.05, 3.63) is 40.3 Å². The molecule has 0 radical (unpaired) electrons. The fourth-order valence-electron chi connectivity index (χ4n) is 4.87. The van der Waals surface area contributed by atoms with E-state index in [1.54, 1.807) is 25.6 Å². The molecule has 0 spiro atoms. The van der Waals surface area contributed by atoms with E-state index in [1.807, 2.05) is 23.1 Å². The van der Waals surface area contributed by atoms with Crippen LogP contribution in [-0.4, -0.2) is 47.5 Å². The molecule has 1 aromatic carbocycles. The number of amides is 1. The summed E-state index contributed by atoms with van der Waals surface area (Å²) in [6.07, 6.45) is 5.32. The maximum atomic E-state index is 13.1. The van der Waals surface area contributed by atoms with Gasteiger partial charge in [0.2, 0.25) is 5.91 Å². The zero-order chi connectivity index (χ0) is 23.7. The number of nitrogens with zero attached hydrogens (tertiary/aromatic N) is 3. The molecular weight excluding hydrogens is 470 g/mol. The van der Waals surface area contributed by atoms with Crippen LogP contribution < -0.4 is 9.47 Å². The molecule has 1 aliphatic heterocycles. The van der Waals surface area contributed by atoms with Gasteiger partial charge in [-0.1, -0.05) is 18.7 Å². The summed E-state index contributed by atoms with van der Waals surface area (Å²) in [5.41, 5.74) is 2.39. The molecule has 1 saturated heterocycles. The number of methoxy groups -OCH3 is 2. The number of thiophene rings is 1. The molecule has 3 aromatic rings. The quantitative estimate of drug-likeness (QED) is 0.403. The SMILES string of the molecule is COc1ccc(OC)c([C@@H]2CCCN2C(=O)CSc2nnc(-c3cc4c(s3)CC[C@H](C)C4)o2)c1. The third kappa shape index (κ3) is 4.68. The topological polar surface area (TPSA) is 77.7 Å². The van der Waals surface area contributed by atoms with Crippen LogP contribution in [0.3, 0.4) is 0 Å². The van der Waals surface area contributed by atoms with Gasteiger partial charge in [0.05, 0.1) is 30.9 Å². The average Bonchev–Trinajstić information content (AvgIpc) is 3.61. The Morgan fingerprint density at radius 2 is 2.12 bits per heavy atom. The lowest BCUT2D eigenvalue weighted by Crippen LogP contribution is -2.32. The number of carbonyl (C=O) groups excluding carboxylic acids is 1. The van der Waals surface area contributed by atoms with E-state index in [4.69, 9.17) is 13.9 Å². The summed E-state index contributed by atoms with van der Waals surface area (Å²) in [4.78, 5) is 17.5. The molecule has 3 heterocycles. The number of hydrogen-bond donors (Lipinski definition) is 0. The molecular formula is C25H29N3O4S2. The molecule has 5 rings (SSSR count). The maximum Gasteiger partial charge on any atom is 0.277 e. The highest BCUT2D eigenvalue weighted by Gasteiger charge is 2.32. The Morgan fingerprint density at radius 3 is 2.94 bits per heavy atom. The monoisotopic (exact) mass is 499 g/mol. The van der Waals surface area contributed by atoms with Crippen LogP contribution in [-0.2, 0) is 17.6 Å².